The summed E-state index contributed by atoms with van der Waals surface area (Å²) in [5.41, 5.74) is 0.637. The molecule has 0 saturated carbocycles. The molecular weight excluding hydrogens is 447 g/mol. The molecule has 0 spiro atoms. The number of carboxylic acids is 1. The zero-order valence-corrected chi connectivity index (χ0v) is 17.7. The zero-order chi connectivity index (χ0) is 24.0. The second-order valence-corrected chi connectivity index (χ2v) is 7.64. The van der Waals surface area contributed by atoms with Crippen molar-refractivity contribution in [3.05, 3.63) is 84.4 Å². The maximum absolute atomic E-state index is 14.1. The molecule has 170 valence electrons. The molecule has 2 heterocycles. The van der Waals surface area contributed by atoms with E-state index in [1.807, 2.05) is 36.4 Å². The van der Waals surface area contributed by atoms with Gasteiger partial charge >= 0.3 is 12.1 Å². The normalized spacial score (nSPS) is 11.8. The Labute approximate surface area is 190 Å². The lowest BCUT2D eigenvalue weighted by Gasteiger charge is -2.18. The van der Waals surface area contributed by atoms with Gasteiger partial charge in [-0.1, -0.05) is 42.5 Å². The number of halogens is 3. The quantitative estimate of drug-likeness (QED) is 0.396. The highest BCUT2D eigenvalue weighted by atomic mass is 19.4. The van der Waals surface area contributed by atoms with Gasteiger partial charge in [0.15, 0.2) is 5.82 Å². The third-order valence-corrected chi connectivity index (χ3v) is 5.52. The molecule has 0 bridgehead atoms. The van der Waals surface area contributed by atoms with Crippen LogP contribution >= 0.6 is 0 Å². The number of carbonyl (C=O) groups is 1. The molecule has 0 atom stereocenters. The molecule has 7 nitrogen and oxygen atoms in total. The van der Waals surface area contributed by atoms with Crippen LogP contribution in [0.15, 0.2) is 73.3 Å². The minimum Gasteiger partial charge on any atom is -0.478 e. The summed E-state index contributed by atoms with van der Waals surface area (Å²) in [7, 11) is 1.74. The molecule has 0 aliphatic carbocycles. The average Bonchev–Trinajstić information content (AvgIpc) is 3.43. The van der Waals surface area contributed by atoms with Crippen molar-refractivity contribution in [1.29, 1.82) is 0 Å². The van der Waals surface area contributed by atoms with Gasteiger partial charge in [0, 0.05) is 7.05 Å². The molecule has 3 aromatic carbocycles. The van der Waals surface area contributed by atoms with Gasteiger partial charge < -0.3 is 9.67 Å². The van der Waals surface area contributed by atoms with Gasteiger partial charge in [-0.05, 0) is 29.3 Å². The van der Waals surface area contributed by atoms with Gasteiger partial charge in [0.1, 0.15) is 12.7 Å². The standard InChI is InChI=1S/C24H16F3N5O2/c1-31-13-29-30-22(31)20-16(14-6-3-2-4-7-14)8-5-9-19(20)32-12-28-18-11-15(23(33)34)10-17(21(18)32)24(25,26)27/h2-13H,1H3,(H,33,34). The summed E-state index contributed by atoms with van der Waals surface area (Å²) in [6.07, 6.45) is -2.04. The topological polar surface area (TPSA) is 85.8 Å². The van der Waals surface area contributed by atoms with Gasteiger partial charge in [-0.2, -0.15) is 13.2 Å². The van der Waals surface area contributed by atoms with Gasteiger partial charge in [-0.15, -0.1) is 10.2 Å². The molecule has 0 aliphatic rings. The second kappa shape index (κ2) is 7.84. The number of fused-ring (bicyclic) bond motifs is 1. The number of hydrogen-bond acceptors (Lipinski definition) is 4. The summed E-state index contributed by atoms with van der Waals surface area (Å²) in [6, 6.07) is 16.4. The monoisotopic (exact) mass is 463 g/mol. The van der Waals surface area contributed by atoms with E-state index in [1.54, 1.807) is 23.7 Å². The van der Waals surface area contributed by atoms with Crippen molar-refractivity contribution in [3.8, 4) is 28.2 Å². The number of nitrogens with zero attached hydrogens (tertiary/aromatic N) is 5. The number of alkyl halides is 3. The van der Waals surface area contributed by atoms with Crippen molar-refractivity contribution in [2.75, 3.05) is 0 Å². The van der Waals surface area contributed by atoms with Gasteiger partial charge in [-0.25, -0.2) is 9.78 Å². The molecule has 1 N–H and O–H groups in total. The minimum absolute atomic E-state index is 0.0822. The Morgan fingerprint density at radius 1 is 1.00 bits per heavy atom. The van der Waals surface area contributed by atoms with Crippen molar-refractivity contribution in [3.63, 3.8) is 0 Å². The van der Waals surface area contributed by atoms with E-state index in [0.717, 1.165) is 17.2 Å². The fourth-order valence-corrected chi connectivity index (χ4v) is 4.01. The van der Waals surface area contributed by atoms with Crippen molar-refractivity contribution in [2.24, 2.45) is 7.05 Å². The molecule has 0 amide bonds. The molecule has 0 aliphatic heterocycles. The SMILES string of the molecule is Cn1cnnc1-c1c(-c2ccccc2)cccc1-n1cnc2cc(C(=O)O)cc(C(F)(F)F)c21. The van der Waals surface area contributed by atoms with Crippen LogP contribution in [0, 0.1) is 0 Å². The minimum atomic E-state index is -4.80. The maximum Gasteiger partial charge on any atom is 0.418 e. The molecule has 0 fully saturated rings. The van der Waals surface area contributed by atoms with Crippen molar-refractivity contribution >= 4 is 17.0 Å². The molecule has 0 saturated heterocycles. The third kappa shape index (κ3) is 3.49. The van der Waals surface area contributed by atoms with E-state index < -0.39 is 23.3 Å². The summed E-state index contributed by atoms with van der Waals surface area (Å²) < 4.78 is 45.2. The van der Waals surface area contributed by atoms with E-state index in [4.69, 9.17) is 0 Å². The van der Waals surface area contributed by atoms with Crippen LogP contribution in [0.4, 0.5) is 13.2 Å². The first-order valence-corrected chi connectivity index (χ1v) is 10.1. The molecule has 0 unspecified atom stereocenters. The van der Waals surface area contributed by atoms with E-state index in [-0.39, 0.29) is 11.0 Å². The van der Waals surface area contributed by atoms with Crippen LogP contribution in [0.1, 0.15) is 15.9 Å². The van der Waals surface area contributed by atoms with Gasteiger partial charge in [0.2, 0.25) is 0 Å². The summed E-state index contributed by atoms with van der Waals surface area (Å²) in [5, 5.41) is 17.5. The highest BCUT2D eigenvalue weighted by molar-refractivity contribution is 5.95. The molecule has 10 heteroatoms. The number of benzene rings is 3. The predicted octanol–water partition coefficient (Wildman–Crippen LogP) is 5.21. The van der Waals surface area contributed by atoms with E-state index in [9.17, 15) is 23.1 Å². The summed E-state index contributed by atoms with van der Waals surface area (Å²) in [4.78, 5) is 15.5. The van der Waals surface area contributed by atoms with Crippen LogP contribution in [0.25, 0.3) is 39.2 Å². The largest absolute Gasteiger partial charge is 0.478 e. The maximum atomic E-state index is 14.1. The Morgan fingerprint density at radius 2 is 1.76 bits per heavy atom. The number of carboxylic acid groups (broad SMARTS) is 1. The van der Waals surface area contributed by atoms with E-state index in [0.29, 0.717) is 23.1 Å². The number of aromatic carboxylic acids is 1. The van der Waals surface area contributed by atoms with Crippen LogP contribution < -0.4 is 0 Å². The first-order chi connectivity index (χ1) is 16.3. The molecule has 2 aromatic heterocycles. The van der Waals surface area contributed by atoms with Gasteiger partial charge in [0.25, 0.3) is 0 Å². The highest BCUT2D eigenvalue weighted by Crippen LogP contribution is 2.40. The summed E-state index contributed by atoms with van der Waals surface area (Å²) in [5.74, 6) is -1.01. The summed E-state index contributed by atoms with van der Waals surface area (Å²) in [6.45, 7) is 0. The lowest BCUT2D eigenvalue weighted by molar-refractivity contribution is -0.136. The van der Waals surface area contributed by atoms with Crippen LogP contribution in [0.3, 0.4) is 0 Å². The Hall–Kier alpha value is -4.47. The van der Waals surface area contributed by atoms with Crippen molar-refractivity contribution in [2.45, 2.75) is 6.18 Å². The Kier molecular flexibility index (Phi) is 4.93. The second-order valence-electron chi connectivity index (χ2n) is 7.64. The molecule has 0 radical (unpaired) electrons. The zero-order valence-electron chi connectivity index (χ0n) is 17.7. The molecule has 5 aromatic rings. The predicted molar refractivity (Wildman–Crippen MR) is 118 cm³/mol. The van der Waals surface area contributed by atoms with Crippen molar-refractivity contribution < 1.29 is 23.1 Å². The van der Waals surface area contributed by atoms with E-state index in [1.165, 1.54) is 17.2 Å². The number of imidazole rings is 1. The number of aromatic nitrogens is 5. The Balaban J connectivity index is 1.88. The number of aryl methyl sites for hydroxylation is 1. The van der Waals surface area contributed by atoms with E-state index >= 15 is 0 Å². The van der Waals surface area contributed by atoms with E-state index in [2.05, 4.69) is 15.2 Å². The smallest absolute Gasteiger partial charge is 0.418 e. The highest BCUT2D eigenvalue weighted by Gasteiger charge is 2.36. The van der Waals surface area contributed by atoms with Crippen LogP contribution in [0.2, 0.25) is 0 Å². The van der Waals surface area contributed by atoms with Crippen molar-refractivity contribution in [1.82, 2.24) is 24.3 Å². The molecular formula is C24H16F3N5O2. The summed E-state index contributed by atoms with van der Waals surface area (Å²) >= 11 is 0. The third-order valence-electron chi connectivity index (χ3n) is 5.52. The fraction of sp³-hybridized carbons (Fsp3) is 0.0833. The molecule has 5 rings (SSSR count). The average molecular weight is 463 g/mol. The number of rotatable bonds is 4. The van der Waals surface area contributed by atoms with Gasteiger partial charge in [-0.3, -0.25) is 4.57 Å². The molecule has 34 heavy (non-hydrogen) atoms. The van der Waals surface area contributed by atoms with Crippen LogP contribution in [0.5, 0.6) is 0 Å². The lowest BCUT2D eigenvalue weighted by atomic mass is 9.97. The van der Waals surface area contributed by atoms with Crippen LogP contribution in [-0.2, 0) is 13.2 Å². The number of hydrogen-bond donors (Lipinski definition) is 1. The van der Waals surface area contributed by atoms with Crippen LogP contribution in [-0.4, -0.2) is 35.4 Å². The Bertz CT molecular complexity index is 1540. The fourth-order valence-electron chi connectivity index (χ4n) is 4.01. The first-order valence-electron chi connectivity index (χ1n) is 10.1. The van der Waals surface area contributed by atoms with Gasteiger partial charge in [0.05, 0.1) is 33.4 Å². The first kappa shape index (κ1) is 21.4. The lowest BCUT2D eigenvalue weighted by Crippen LogP contribution is -2.11. The Morgan fingerprint density at radius 3 is 2.41 bits per heavy atom.